The van der Waals surface area contributed by atoms with Crippen molar-refractivity contribution in [1.82, 2.24) is 9.97 Å². The van der Waals surface area contributed by atoms with Crippen molar-refractivity contribution in [2.45, 2.75) is 0 Å². The summed E-state index contributed by atoms with van der Waals surface area (Å²) in [6.45, 7) is 0. The van der Waals surface area contributed by atoms with Crippen molar-refractivity contribution in [3.63, 3.8) is 0 Å². The van der Waals surface area contributed by atoms with Gasteiger partial charge in [0, 0.05) is 18.1 Å². The van der Waals surface area contributed by atoms with Crippen LogP contribution in [0.4, 0.5) is 5.69 Å². The largest absolute Gasteiger partial charge is 0.456 e. The number of aromatic nitrogens is 2. The lowest BCUT2D eigenvalue weighted by Gasteiger charge is -2.08. The van der Waals surface area contributed by atoms with Crippen molar-refractivity contribution in [1.29, 1.82) is 0 Å². The zero-order chi connectivity index (χ0) is 16.7. The third-order valence-corrected chi connectivity index (χ3v) is 4.31. The number of anilines is 1. The highest BCUT2D eigenvalue weighted by Gasteiger charge is 2.25. The van der Waals surface area contributed by atoms with Crippen LogP contribution in [-0.4, -0.2) is 15.9 Å². The van der Waals surface area contributed by atoms with Crippen LogP contribution in [0.1, 0.15) is 10.4 Å². The summed E-state index contributed by atoms with van der Waals surface area (Å²) in [7, 11) is 0. The summed E-state index contributed by atoms with van der Waals surface area (Å²) in [6, 6.07) is 8.44. The molecule has 0 saturated heterocycles. The molecule has 3 heterocycles. The van der Waals surface area contributed by atoms with Crippen LogP contribution in [0.5, 0.6) is 0 Å². The molecule has 0 unspecified atom stereocenters. The summed E-state index contributed by atoms with van der Waals surface area (Å²) in [5.74, 6) is -0.316. The van der Waals surface area contributed by atoms with Crippen LogP contribution in [-0.2, 0) is 0 Å². The Hall–Kier alpha value is -2.63. The van der Waals surface area contributed by atoms with Crippen molar-refractivity contribution >= 4 is 46.0 Å². The fourth-order valence-electron chi connectivity index (χ4n) is 2.53. The molecule has 0 aliphatic rings. The van der Waals surface area contributed by atoms with E-state index in [-0.39, 0.29) is 5.91 Å². The van der Waals surface area contributed by atoms with Crippen LogP contribution in [0, 0.1) is 0 Å². The predicted octanol–water partition coefficient (Wildman–Crippen LogP) is 4.89. The number of halogens is 2. The third-order valence-electron chi connectivity index (χ3n) is 3.57. The second kappa shape index (κ2) is 5.78. The zero-order valence-electron chi connectivity index (χ0n) is 12.1. The van der Waals surface area contributed by atoms with E-state index in [1.54, 1.807) is 48.9 Å². The van der Waals surface area contributed by atoms with E-state index in [1.165, 1.54) is 0 Å². The average Bonchev–Trinajstić information content (AvgIpc) is 3.20. The molecule has 0 spiro atoms. The number of nitrogens with zero attached hydrogens (tertiary/aromatic N) is 2. The number of nitrogens with one attached hydrogen (secondary N) is 1. The number of amides is 1. The maximum absolute atomic E-state index is 12.7. The molecule has 0 radical (unpaired) electrons. The first kappa shape index (κ1) is 14.9. The number of hydrogen-bond acceptors (Lipinski definition) is 4. The standard InChI is InChI=1S/C17H9Cl2N3O2/c18-10-2-1-9(7-11(10)19)22-17(23)16-14-4-3-13(24-14)15(16)12-8-20-5-6-21-12/h1-8H,(H,22,23). The van der Waals surface area contributed by atoms with Gasteiger partial charge in [-0.3, -0.25) is 14.8 Å². The summed E-state index contributed by atoms with van der Waals surface area (Å²) in [4.78, 5) is 21.1. The van der Waals surface area contributed by atoms with Crippen LogP contribution >= 0.6 is 23.2 Å². The van der Waals surface area contributed by atoms with E-state index in [1.807, 2.05) is 0 Å². The molecule has 4 rings (SSSR count). The fraction of sp³-hybridized carbons (Fsp3) is 0. The summed E-state index contributed by atoms with van der Waals surface area (Å²) in [5.41, 5.74) is 3.23. The molecule has 0 fully saturated rings. The molecule has 7 heteroatoms. The van der Waals surface area contributed by atoms with Crippen molar-refractivity contribution < 1.29 is 9.21 Å². The minimum absolute atomic E-state index is 0.316. The molecule has 1 aromatic carbocycles. The van der Waals surface area contributed by atoms with E-state index in [9.17, 15) is 4.79 Å². The first-order valence-corrected chi connectivity index (χ1v) is 7.77. The molecule has 1 N–H and O–H groups in total. The minimum Gasteiger partial charge on any atom is -0.456 e. The minimum atomic E-state index is -0.316. The van der Waals surface area contributed by atoms with Crippen molar-refractivity contribution in [3.8, 4) is 11.3 Å². The van der Waals surface area contributed by atoms with Crippen LogP contribution in [0.15, 0.2) is 53.3 Å². The maximum Gasteiger partial charge on any atom is 0.260 e. The number of fused-ring (bicyclic) bond motifs is 2. The normalized spacial score (nSPS) is 11.1. The van der Waals surface area contributed by atoms with Gasteiger partial charge in [-0.15, -0.1) is 0 Å². The van der Waals surface area contributed by atoms with Gasteiger partial charge in [-0.05, 0) is 30.3 Å². The van der Waals surface area contributed by atoms with Gasteiger partial charge in [0.25, 0.3) is 5.91 Å². The van der Waals surface area contributed by atoms with Gasteiger partial charge < -0.3 is 9.73 Å². The highest BCUT2D eigenvalue weighted by Crippen LogP contribution is 2.36. The Bertz CT molecular complexity index is 1030. The van der Waals surface area contributed by atoms with Crippen LogP contribution < -0.4 is 5.32 Å². The predicted molar refractivity (Wildman–Crippen MR) is 92.8 cm³/mol. The highest BCUT2D eigenvalue weighted by molar-refractivity contribution is 6.42. The smallest absolute Gasteiger partial charge is 0.260 e. The molecular weight excluding hydrogens is 349 g/mol. The molecule has 0 aliphatic carbocycles. The summed E-state index contributed by atoms with van der Waals surface area (Å²) in [6.07, 6.45) is 4.73. The number of furan rings is 2. The molecule has 1 amide bonds. The molecule has 0 aliphatic heterocycles. The Balaban J connectivity index is 1.74. The van der Waals surface area contributed by atoms with Crippen molar-refractivity contribution in [3.05, 3.63) is 64.5 Å². The molecule has 0 atom stereocenters. The van der Waals surface area contributed by atoms with Crippen LogP contribution in [0.3, 0.4) is 0 Å². The van der Waals surface area contributed by atoms with Crippen LogP contribution in [0.2, 0.25) is 10.0 Å². The van der Waals surface area contributed by atoms with Crippen molar-refractivity contribution in [2.24, 2.45) is 0 Å². The van der Waals surface area contributed by atoms with Gasteiger partial charge in [0.1, 0.15) is 11.2 Å². The Morgan fingerprint density at radius 2 is 1.88 bits per heavy atom. The van der Waals surface area contributed by atoms with Gasteiger partial charge in [-0.25, -0.2) is 0 Å². The van der Waals surface area contributed by atoms with E-state index in [0.717, 1.165) is 0 Å². The summed E-state index contributed by atoms with van der Waals surface area (Å²) >= 11 is 11.9. The molecule has 3 aromatic heterocycles. The van der Waals surface area contributed by atoms with Gasteiger partial charge in [-0.1, -0.05) is 23.2 Å². The van der Waals surface area contributed by atoms with E-state index < -0.39 is 0 Å². The lowest BCUT2D eigenvalue weighted by Crippen LogP contribution is -2.13. The lowest BCUT2D eigenvalue weighted by atomic mass is 10.0. The van der Waals surface area contributed by atoms with E-state index >= 15 is 0 Å². The Kier molecular flexibility index (Phi) is 3.59. The lowest BCUT2D eigenvalue weighted by molar-refractivity contribution is 0.102. The second-order valence-electron chi connectivity index (χ2n) is 5.09. The van der Waals surface area contributed by atoms with E-state index in [0.29, 0.717) is 43.7 Å². The number of carbonyl (C=O) groups excluding carboxylic acids is 1. The molecule has 4 aromatic rings. The zero-order valence-corrected chi connectivity index (χ0v) is 13.6. The number of rotatable bonds is 3. The maximum atomic E-state index is 12.7. The van der Waals surface area contributed by atoms with Gasteiger partial charge in [-0.2, -0.15) is 0 Å². The quantitative estimate of drug-likeness (QED) is 0.566. The van der Waals surface area contributed by atoms with Gasteiger partial charge >= 0.3 is 0 Å². The Morgan fingerprint density at radius 3 is 2.62 bits per heavy atom. The third kappa shape index (κ3) is 2.48. The molecule has 2 bridgehead atoms. The highest BCUT2D eigenvalue weighted by atomic mass is 35.5. The Labute approximate surface area is 146 Å². The van der Waals surface area contributed by atoms with Crippen LogP contribution in [0.25, 0.3) is 22.4 Å². The monoisotopic (exact) mass is 357 g/mol. The van der Waals surface area contributed by atoms with Gasteiger partial charge in [0.15, 0.2) is 0 Å². The number of carbonyl (C=O) groups is 1. The first-order valence-electron chi connectivity index (χ1n) is 7.01. The topological polar surface area (TPSA) is 68.0 Å². The van der Waals surface area contributed by atoms with Gasteiger partial charge in [0.05, 0.1) is 33.1 Å². The van der Waals surface area contributed by atoms with E-state index in [2.05, 4.69) is 15.3 Å². The molecule has 0 saturated carbocycles. The number of hydrogen-bond donors (Lipinski definition) is 1. The molecule has 5 nitrogen and oxygen atoms in total. The first-order chi connectivity index (χ1) is 11.6. The average molecular weight is 358 g/mol. The second-order valence-corrected chi connectivity index (χ2v) is 5.90. The Morgan fingerprint density at radius 1 is 1.04 bits per heavy atom. The molecule has 118 valence electrons. The molecule has 24 heavy (non-hydrogen) atoms. The fourth-order valence-corrected chi connectivity index (χ4v) is 2.83. The van der Waals surface area contributed by atoms with Crippen molar-refractivity contribution in [2.75, 3.05) is 5.32 Å². The van der Waals surface area contributed by atoms with Gasteiger partial charge in [0.2, 0.25) is 0 Å². The van der Waals surface area contributed by atoms with E-state index in [4.69, 9.17) is 27.6 Å². The number of benzene rings is 2. The SMILES string of the molecule is O=C(Nc1ccc(Cl)c(Cl)c1)c1c(-c2cnccn2)c2ccc1o2. The summed E-state index contributed by atoms with van der Waals surface area (Å²) < 4.78 is 5.63. The summed E-state index contributed by atoms with van der Waals surface area (Å²) in [5, 5.41) is 3.59. The molecular formula is C17H9Cl2N3O2.